The van der Waals surface area contributed by atoms with Gasteiger partial charge in [-0.15, -0.1) is 11.3 Å². The van der Waals surface area contributed by atoms with Gasteiger partial charge in [0.1, 0.15) is 0 Å². The second-order valence-electron chi connectivity index (χ2n) is 5.29. The Kier molecular flexibility index (Phi) is 6.81. The standard InChI is InChI=1S/C18H21NO3S/c1-14(15-7-3-2-4-8-15)19-17(20)13-22-18(21)11-5-9-16-10-6-12-23-16/h2-4,6-8,10,12,14H,5,9,11,13H2,1H3,(H,19,20)/t14-/m1/s1. The van der Waals surface area contributed by atoms with Crippen molar-refractivity contribution >= 4 is 23.2 Å². The number of nitrogens with one attached hydrogen (secondary N) is 1. The number of rotatable bonds is 8. The average molecular weight is 331 g/mol. The lowest BCUT2D eigenvalue weighted by Crippen LogP contribution is -2.31. The van der Waals surface area contributed by atoms with Gasteiger partial charge in [0, 0.05) is 11.3 Å². The molecule has 0 saturated carbocycles. The number of amides is 1. The fourth-order valence-electron chi connectivity index (χ4n) is 2.19. The zero-order valence-electron chi connectivity index (χ0n) is 13.2. The summed E-state index contributed by atoms with van der Waals surface area (Å²) in [6.07, 6.45) is 1.94. The molecular formula is C18H21NO3S. The quantitative estimate of drug-likeness (QED) is 0.753. The minimum atomic E-state index is -0.330. The fraction of sp³-hybridized carbons (Fsp3) is 0.333. The van der Waals surface area contributed by atoms with Crippen molar-refractivity contribution in [2.75, 3.05) is 6.61 Å². The summed E-state index contributed by atoms with van der Waals surface area (Å²) < 4.78 is 5.01. The highest BCUT2D eigenvalue weighted by Gasteiger charge is 2.11. The zero-order chi connectivity index (χ0) is 16.5. The third kappa shape index (κ3) is 6.24. The van der Waals surface area contributed by atoms with Gasteiger partial charge in [-0.05, 0) is 36.8 Å². The molecule has 0 fully saturated rings. The lowest BCUT2D eigenvalue weighted by molar-refractivity contribution is -0.148. The second-order valence-corrected chi connectivity index (χ2v) is 6.33. The Bertz CT molecular complexity index is 610. The molecule has 2 rings (SSSR count). The minimum Gasteiger partial charge on any atom is -0.456 e. The lowest BCUT2D eigenvalue weighted by Gasteiger charge is -2.14. The van der Waals surface area contributed by atoms with Gasteiger partial charge in [0.2, 0.25) is 0 Å². The predicted octanol–water partition coefficient (Wildman–Crippen LogP) is 3.49. The maximum atomic E-state index is 11.8. The van der Waals surface area contributed by atoms with E-state index in [2.05, 4.69) is 11.4 Å². The van der Waals surface area contributed by atoms with E-state index in [4.69, 9.17) is 4.74 Å². The van der Waals surface area contributed by atoms with Gasteiger partial charge < -0.3 is 10.1 Å². The van der Waals surface area contributed by atoms with E-state index >= 15 is 0 Å². The molecule has 1 aromatic carbocycles. The van der Waals surface area contributed by atoms with Crippen LogP contribution in [0.1, 0.15) is 36.2 Å². The van der Waals surface area contributed by atoms with Crippen LogP contribution in [0.2, 0.25) is 0 Å². The first-order chi connectivity index (χ1) is 11.1. The van der Waals surface area contributed by atoms with E-state index in [9.17, 15) is 9.59 Å². The Morgan fingerprint density at radius 3 is 2.65 bits per heavy atom. The third-order valence-corrected chi connectivity index (χ3v) is 4.36. The smallest absolute Gasteiger partial charge is 0.306 e. The van der Waals surface area contributed by atoms with E-state index in [-0.39, 0.29) is 24.5 Å². The molecule has 0 unspecified atom stereocenters. The maximum Gasteiger partial charge on any atom is 0.306 e. The number of hydrogen-bond donors (Lipinski definition) is 1. The van der Waals surface area contributed by atoms with Crippen molar-refractivity contribution in [3.8, 4) is 0 Å². The SMILES string of the molecule is C[C@@H](NC(=O)COC(=O)CCCc1cccs1)c1ccccc1. The van der Waals surface area contributed by atoms with Gasteiger partial charge in [0.25, 0.3) is 5.91 Å². The van der Waals surface area contributed by atoms with Gasteiger partial charge in [-0.1, -0.05) is 36.4 Å². The van der Waals surface area contributed by atoms with Crippen molar-refractivity contribution in [2.24, 2.45) is 0 Å². The minimum absolute atomic E-state index is 0.110. The van der Waals surface area contributed by atoms with Crippen LogP contribution >= 0.6 is 11.3 Å². The fourth-order valence-corrected chi connectivity index (χ4v) is 2.94. The number of carbonyl (C=O) groups is 2. The Morgan fingerprint density at radius 2 is 1.96 bits per heavy atom. The van der Waals surface area contributed by atoms with Crippen LogP contribution in [-0.4, -0.2) is 18.5 Å². The van der Waals surface area contributed by atoms with Crippen LogP contribution in [0.25, 0.3) is 0 Å². The Labute approximate surface area is 140 Å². The van der Waals surface area contributed by atoms with Crippen molar-refractivity contribution in [2.45, 2.75) is 32.2 Å². The monoisotopic (exact) mass is 331 g/mol. The number of aryl methyl sites for hydroxylation is 1. The Balaban J connectivity index is 1.62. The molecule has 0 aliphatic rings. The summed E-state index contributed by atoms with van der Waals surface area (Å²) in [5.41, 5.74) is 1.02. The van der Waals surface area contributed by atoms with Gasteiger partial charge >= 0.3 is 5.97 Å². The molecule has 1 atom stereocenters. The maximum absolute atomic E-state index is 11.8. The average Bonchev–Trinajstić information content (AvgIpc) is 3.07. The molecule has 1 aromatic heterocycles. The van der Waals surface area contributed by atoms with Gasteiger partial charge in [0.15, 0.2) is 6.61 Å². The van der Waals surface area contributed by atoms with Gasteiger partial charge in [0.05, 0.1) is 6.04 Å². The Morgan fingerprint density at radius 1 is 1.17 bits per heavy atom. The van der Waals surface area contributed by atoms with E-state index in [0.717, 1.165) is 18.4 Å². The lowest BCUT2D eigenvalue weighted by atomic mass is 10.1. The molecule has 23 heavy (non-hydrogen) atoms. The van der Waals surface area contributed by atoms with Gasteiger partial charge in [-0.3, -0.25) is 9.59 Å². The number of carbonyl (C=O) groups excluding carboxylic acids is 2. The number of thiophene rings is 1. The summed E-state index contributed by atoms with van der Waals surface area (Å²) in [7, 11) is 0. The number of benzene rings is 1. The Hall–Kier alpha value is -2.14. The zero-order valence-corrected chi connectivity index (χ0v) is 14.0. The van der Waals surface area contributed by atoms with E-state index in [1.165, 1.54) is 4.88 Å². The molecule has 1 heterocycles. The number of hydrogen-bond acceptors (Lipinski definition) is 4. The molecule has 0 bridgehead atoms. The molecule has 5 heteroatoms. The molecule has 0 radical (unpaired) electrons. The molecule has 0 aliphatic carbocycles. The molecular weight excluding hydrogens is 310 g/mol. The highest BCUT2D eigenvalue weighted by Crippen LogP contribution is 2.12. The summed E-state index contributed by atoms with van der Waals surface area (Å²) in [6, 6.07) is 13.6. The highest BCUT2D eigenvalue weighted by atomic mass is 32.1. The first-order valence-electron chi connectivity index (χ1n) is 7.67. The van der Waals surface area contributed by atoms with E-state index in [1.54, 1.807) is 11.3 Å². The predicted molar refractivity (Wildman–Crippen MR) is 91.2 cm³/mol. The summed E-state index contributed by atoms with van der Waals surface area (Å²) in [6.45, 7) is 1.67. The molecule has 1 N–H and O–H groups in total. The summed E-state index contributed by atoms with van der Waals surface area (Å²) in [5.74, 6) is -0.614. The van der Waals surface area contributed by atoms with Crippen LogP contribution < -0.4 is 5.32 Å². The van der Waals surface area contributed by atoms with Crippen LogP contribution in [0.5, 0.6) is 0 Å². The van der Waals surface area contributed by atoms with E-state index in [1.807, 2.05) is 48.7 Å². The van der Waals surface area contributed by atoms with Crippen molar-refractivity contribution < 1.29 is 14.3 Å². The topological polar surface area (TPSA) is 55.4 Å². The van der Waals surface area contributed by atoms with Crippen LogP contribution in [0, 0.1) is 0 Å². The molecule has 0 spiro atoms. The van der Waals surface area contributed by atoms with Gasteiger partial charge in [-0.25, -0.2) is 0 Å². The molecule has 0 saturated heterocycles. The summed E-state index contributed by atoms with van der Waals surface area (Å²) in [4.78, 5) is 24.7. The summed E-state index contributed by atoms with van der Waals surface area (Å²) in [5, 5.41) is 4.84. The molecule has 4 nitrogen and oxygen atoms in total. The largest absolute Gasteiger partial charge is 0.456 e. The molecule has 2 aromatic rings. The molecule has 0 aliphatic heterocycles. The number of esters is 1. The van der Waals surface area contributed by atoms with Crippen molar-refractivity contribution in [3.05, 3.63) is 58.3 Å². The second kappa shape index (κ2) is 9.10. The molecule has 1 amide bonds. The highest BCUT2D eigenvalue weighted by molar-refractivity contribution is 7.09. The van der Waals surface area contributed by atoms with Crippen molar-refractivity contribution in [1.82, 2.24) is 5.32 Å². The van der Waals surface area contributed by atoms with Crippen LogP contribution in [0.15, 0.2) is 47.8 Å². The van der Waals surface area contributed by atoms with Gasteiger partial charge in [-0.2, -0.15) is 0 Å². The number of ether oxygens (including phenoxy) is 1. The third-order valence-electron chi connectivity index (χ3n) is 3.43. The van der Waals surface area contributed by atoms with Crippen LogP contribution in [0.3, 0.4) is 0 Å². The first-order valence-corrected chi connectivity index (χ1v) is 8.55. The molecule has 122 valence electrons. The van der Waals surface area contributed by atoms with Crippen molar-refractivity contribution in [3.63, 3.8) is 0 Å². The van der Waals surface area contributed by atoms with Crippen molar-refractivity contribution in [1.29, 1.82) is 0 Å². The van der Waals surface area contributed by atoms with Crippen LogP contribution in [0.4, 0.5) is 0 Å². The van der Waals surface area contributed by atoms with E-state index < -0.39 is 0 Å². The van der Waals surface area contributed by atoms with Crippen LogP contribution in [-0.2, 0) is 20.7 Å². The van der Waals surface area contributed by atoms with E-state index in [0.29, 0.717) is 6.42 Å². The summed E-state index contributed by atoms with van der Waals surface area (Å²) >= 11 is 1.68. The normalized spacial score (nSPS) is 11.7. The first kappa shape index (κ1) is 17.2.